The minimum Gasteiger partial charge on any atom is -0.395 e. The summed E-state index contributed by atoms with van der Waals surface area (Å²) in [4.78, 5) is 18.2. The molecular weight excluding hydrogens is 290 g/mol. The molecule has 3 atom stereocenters. The van der Waals surface area contributed by atoms with Crippen molar-refractivity contribution in [1.82, 2.24) is 15.2 Å². The second-order valence-electron chi connectivity index (χ2n) is 5.90. The molecule has 1 aromatic carbocycles. The summed E-state index contributed by atoms with van der Waals surface area (Å²) in [5, 5.41) is 12.9. The van der Waals surface area contributed by atoms with Gasteiger partial charge in [0.2, 0.25) is 0 Å². The van der Waals surface area contributed by atoms with Crippen molar-refractivity contribution >= 4 is 5.91 Å². The van der Waals surface area contributed by atoms with E-state index >= 15 is 0 Å². The molecule has 0 bridgehead atoms. The second kappa shape index (κ2) is 6.89. The van der Waals surface area contributed by atoms with Crippen molar-refractivity contribution in [2.75, 3.05) is 20.2 Å². The van der Waals surface area contributed by atoms with Crippen LogP contribution >= 0.6 is 0 Å². The molecule has 1 aliphatic heterocycles. The lowest BCUT2D eigenvalue weighted by Gasteiger charge is -2.47. The Balaban J connectivity index is 1.69. The number of nitrogens with zero attached hydrogens (tertiary/aromatic N) is 2. The number of benzene rings is 1. The molecule has 0 unspecified atom stereocenters. The number of aromatic nitrogens is 1. The number of amides is 1. The standard InChI is InChI=1S/C18H21N3O2/c1-21(18(23)14-9-5-6-10-19-14)11-15-17(16(12-22)20-15)13-7-3-2-4-8-13/h2-10,15-17,20,22H,11-12H2,1H3/t15-,16+,17-/m1/s1. The number of hydrogen-bond acceptors (Lipinski definition) is 4. The van der Waals surface area contributed by atoms with Gasteiger partial charge in [-0.3, -0.25) is 9.78 Å². The van der Waals surface area contributed by atoms with E-state index < -0.39 is 0 Å². The van der Waals surface area contributed by atoms with Crippen LogP contribution in [0.4, 0.5) is 0 Å². The van der Waals surface area contributed by atoms with E-state index in [4.69, 9.17) is 0 Å². The molecule has 2 N–H and O–H groups in total. The quantitative estimate of drug-likeness (QED) is 0.873. The predicted octanol–water partition coefficient (Wildman–Crippen LogP) is 1.27. The number of aliphatic hydroxyl groups excluding tert-OH is 1. The number of hydrogen-bond donors (Lipinski definition) is 2. The van der Waals surface area contributed by atoms with Gasteiger partial charge in [-0.05, 0) is 17.7 Å². The van der Waals surface area contributed by atoms with Gasteiger partial charge in [0, 0.05) is 37.8 Å². The first-order valence-electron chi connectivity index (χ1n) is 7.79. The first kappa shape index (κ1) is 15.6. The van der Waals surface area contributed by atoms with Gasteiger partial charge in [0.1, 0.15) is 5.69 Å². The third kappa shape index (κ3) is 3.25. The van der Waals surface area contributed by atoms with E-state index in [1.165, 1.54) is 5.56 Å². The summed E-state index contributed by atoms with van der Waals surface area (Å²) >= 11 is 0. The summed E-state index contributed by atoms with van der Waals surface area (Å²) in [6.07, 6.45) is 1.62. The van der Waals surface area contributed by atoms with Gasteiger partial charge in [0.25, 0.3) is 5.91 Å². The van der Waals surface area contributed by atoms with Gasteiger partial charge >= 0.3 is 0 Å². The van der Waals surface area contributed by atoms with Gasteiger partial charge in [-0.1, -0.05) is 36.4 Å². The number of likely N-dealkylation sites (N-methyl/N-ethyl adjacent to an activating group) is 1. The largest absolute Gasteiger partial charge is 0.395 e. The van der Waals surface area contributed by atoms with Crippen molar-refractivity contribution in [2.45, 2.75) is 18.0 Å². The lowest BCUT2D eigenvalue weighted by molar-refractivity contribution is 0.0678. The molecule has 1 saturated heterocycles. The maximum absolute atomic E-state index is 12.4. The van der Waals surface area contributed by atoms with Crippen LogP contribution in [-0.2, 0) is 0 Å². The lowest BCUT2D eigenvalue weighted by atomic mass is 9.77. The third-order valence-corrected chi connectivity index (χ3v) is 4.38. The SMILES string of the molecule is CN(C[C@H]1N[C@@H](CO)[C@@H]1c1ccccc1)C(=O)c1ccccn1. The highest BCUT2D eigenvalue weighted by Gasteiger charge is 2.41. The molecule has 23 heavy (non-hydrogen) atoms. The molecular formula is C18H21N3O2. The van der Waals surface area contributed by atoms with Gasteiger partial charge in [0.05, 0.1) is 6.61 Å². The molecule has 5 nitrogen and oxygen atoms in total. The number of carbonyl (C=O) groups excluding carboxylic acids is 1. The third-order valence-electron chi connectivity index (χ3n) is 4.38. The van der Waals surface area contributed by atoms with Crippen LogP contribution in [0.3, 0.4) is 0 Å². The van der Waals surface area contributed by atoms with E-state index in [9.17, 15) is 9.90 Å². The summed E-state index contributed by atoms with van der Waals surface area (Å²) < 4.78 is 0. The Bertz CT molecular complexity index is 648. The van der Waals surface area contributed by atoms with Gasteiger partial charge in [-0.25, -0.2) is 0 Å². The molecule has 1 fully saturated rings. The molecule has 0 spiro atoms. The summed E-state index contributed by atoms with van der Waals surface area (Å²) in [6, 6.07) is 15.6. The van der Waals surface area contributed by atoms with Crippen LogP contribution in [0.25, 0.3) is 0 Å². The number of carbonyl (C=O) groups is 1. The summed E-state index contributed by atoms with van der Waals surface area (Å²) in [5.41, 5.74) is 1.64. The average Bonchev–Trinajstić information content (AvgIpc) is 2.59. The van der Waals surface area contributed by atoms with Crippen LogP contribution < -0.4 is 5.32 Å². The van der Waals surface area contributed by atoms with Crippen molar-refractivity contribution in [3.8, 4) is 0 Å². The highest BCUT2D eigenvalue weighted by atomic mass is 16.3. The van der Waals surface area contributed by atoms with E-state index in [1.54, 1.807) is 30.3 Å². The number of nitrogens with one attached hydrogen (secondary N) is 1. The maximum atomic E-state index is 12.4. The topological polar surface area (TPSA) is 65.5 Å². The average molecular weight is 311 g/mol. The molecule has 2 aromatic rings. The molecule has 1 amide bonds. The zero-order valence-electron chi connectivity index (χ0n) is 13.1. The molecule has 5 heteroatoms. The van der Waals surface area contributed by atoms with Crippen LogP contribution in [-0.4, -0.2) is 53.2 Å². The van der Waals surface area contributed by atoms with Gasteiger partial charge in [-0.15, -0.1) is 0 Å². The minimum atomic E-state index is -0.0911. The van der Waals surface area contributed by atoms with Crippen LogP contribution in [0.2, 0.25) is 0 Å². The maximum Gasteiger partial charge on any atom is 0.272 e. The molecule has 0 aliphatic carbocycles. The molecule has 1 aromatic heterocycles. The fraction of sp³-hybridized carbons (Fsp3) is 0.333. The highest BCUT2D eigenvalue weighted by molar-refractivity contribution is 5.92. The van der Waals surface area contributed by atoms with Crippen LogP contribution in [0.15, 0.2) is 54.7 Å². The number of pyridine rings is 1. The van der Waals surface area contributed by atoms with Crippen LogP contribution in [0.5, 0.6) is 0 Å². The first-order chi connectivity index (χ1) is 11.2. The van der Waals surface area contributed by atoms with E-state index in [0.717, 1.165) is 0 Å². The molecule has 0 saturated carbocycles. The van der Waals surface area contributed by atoms with Gasteiger partial charge < -0.3 is 15.3 Å². The van der Waals surface area contributed by atoms with Crippen molar-refractivity contribution in [2.24, 2.45) is 0 Å². The normalized spacial score (nSPS) is 23.1. The molecule has 2 heterocycles. The van der Waals surface area contributed by atoms with Crippen molar-refractivity contribution in [3.05, 3.63) is 66.0 Å². The van der Waals surface area contributed by atoms with Crippen molar-refractivity contribution in [3.63, 3.8) is 0 Å². The van der Waals surface area contributed by atoms with E-state index in [0.29, 0.717) is 12.2 Å². The second-order valence-corrected chi connectivity index (χ2v) is 5.90. The molecule has 3 rings (SSSR count). The number of rotatable bonds is 5. The van der Waals surface area contributed by atoms with E-state index in [2.05, 4.69) is 22.4 Å². The Hall–Kier alpha value is -2.24. The lowest BCUT2D eigenvalue weighted by Crippen LogP contribution is -2.64. The molecule has 0 radical (unpaired) electrons. The molecule has 1 aliphatic rings. The first-order valence-corrected chi connectivity index (χ1v) is 7.79. The molecule has 120 valence electrons. The Morgan fingerprint density at radius 3 is 2.57 bits per heavy atom. The summed E-state index contributed by atoms with van der Waals surface area (Å²) in [5.74, 6) is 0.117. The van der Waals surface area contributed by atoms with E-state index in [-0.39, 0.29) is 30.5 Å². The van der Waals surface area contributed by atoms with Crippen LogP contribution in [0.1, 0.15) is 22.0 Å². The Morgan fingerprint density at radius 1 is 1.17 bits per heavy atom. The predicted molar refractivity (Wildman–Crippen MR) is 88.2 cm³/mol. The van der Waals surface area contributed by atoms with Crippen LogP contribution in [0, 0.1) is 0 Å². The van der Waals surface area contributed by atoms with Gasteiger partial charge in [0.15, 0.2) is 0 Å². The fourth-order valence-electron chi connectivity index (χ4n) is 3.18. The van der Waals surface area contributed by atoms with E-state index in [1.807, 2.05) is 24.3 Å². The van der Waals surface area contributed by atoms with Crippen molar-refractivity contribution in [1.29, 1.82) is 0 Å². The minimum absolute atomic E-state index is 0.0424. The smallest absolute Gasteiger partial charge is 0.272 e. The summed E-state index contributed by atoms with van der Waals surface area (Å²) in [7, 11) is 1.78. The Labute approximate surface area is 136 Å². The summed E-state index contributed by atoms with van der Waals surface area (Å²) in [6.45, 7) is 0.666. The van der Waals surface area contributed by atoms with Crippen molar-refractivity contribution < 1.29 is 9.90 Å². The fourth-order valence-corrected chi connectivity index (χ4v) is 3.18. The zero-order chi connectivity index (χ0) is 16.2. The highest BCUT2D eigenvalue weighted by Crippen LogP contribution is 2.32. The monoisotopic (exact) mass is 311 g/mol. The number of aliphatic hydroxyl groups is 1. The van der Waals surface area contributed by atoms with Gasteiger partial charge in [-0.2, -0.15) is 0 Å². The Kier molecular flexibility index (Phi) is 4.69. The zero-order valence-corrected chi connectivity index (χ0v) is 13.1. The Morgan fingerprint density at radius 2 is 1.91 bits per heavy atom.